The van der Waals surface area contributed by atoms with Gasteiger partial charge in [-0.25, -0.2) is 14.6 Å². The smallest absolute Gasteiger partial charge is 0.351 e. The SMILES string of the molecule is CCOC(=O)C(NC(=O)/C(=N\OC)c1csc(C)n1)C1NC(C(=O)O)=CCS1. The van der Waals surface area contributed by atoms with Crippen LogP contribution < -0.4 is 10.6 Å². The molecule has 1 aliphatic rings. The minimum Gasteiger partial charge on any atom is -0.477 e. The molecular formula is C16H20N4O6S2. The van der Waals surface area contributed by atoms with Gasteiger partial charge < -0.3 is 25.3 Å². The van der Waals surface area contributed by atoms with Crippen molar-refractivity contribution in [2.24, 2.45) is 5.16 Å². The van der Waals surface area contributed by atoms with Crippen molar-refractivity contribution in [3.63, 3.8) is 0 Å². The highest BCUT2D eigenvalue weighted by molar-refractivity contribution is 8.00. The number of aromatic nitrogens is 1. The fraction of sp³-hybridized carbons (Fsp3) is 0.438. The number of rotatable bonds is 8. The van der Waals surface area contributed by atoms with Crippen molar-refractivity contribution in [2.45, 2.75) is 25.3 Å². The predicted octanol–water partition coefficient (Wildman–Crippen LogP) is 0.481. The molecule has 2 unspecified atom stereocenters. The number of esters is 1. The Balaban J connectivity index is 2.25. The van der Waals surface area contributed by atoms with E-state index in [4.69, 9.17) is 9.57 Å². The minimum absolute atomic E-state index is 0.0480. The van der Waals surface area contributed by atoms with E-state index in [1.165, 1.54) is 36.3 Å². The molecule has 0 saturated carbocycles. The summed E-state index contributed by atoms with van der Waals surface area (Å²) in [5.74, 6) is -2.19. The van der Waals surface area contributed by atoms with Gasteiger partial charge in [-0.05, 0) is 19.9 Å². The Labute approximate surface area is 169 Å². The van der Waals surface area contributed by atoms with E-state index in [-0.39, 0.29) is 18.0 Å². The lowest BCUT2D eigenvalue weighted by molar-refractivity contribution is -0.147. The number of thioether (sulfide) groups is 1. The standard InChI is InChI=1S/C16H20N4O6S2/c1-4-26-16(24)12(14-18-9(15(22)23)5-6-27-14)19-13(21)11(20-25-3)10-7-28-8(2)17-10/h5,7,12,14,18H,4,6H2,1-3H3,(H,19,21)(H,22,23)/b20-11-. The third kappa shape index (κ3) is 5.45. The van der Waals surface area contributed by atoms with Gasteiger partial charge in [0.25, 0.3) is 5.91 Å². The summed E-state index contributed by atoms with van der Waals surface area (Å²) in [5, 5.41) is 19.8. The first-order valence-corrected chi connectivity index (χ1v) is 10.1. The second-order valence-corrected chi connectivity index (χ2v) is 7.64. The zero-order valence-corrected chi connectivity index (χ0v) is 17.1. The lowest BCUT2D eigenvalue weighted by atomic mass is 10.2. The molecule has 1 aromatic rings. The van der Waals surface area contributed by atoms with Crippen LogP contribution in [-0.4, -0.2) is 64.5 Å². The number of carboxylic acid groups (broad SMARTS) is 1. The summed E-state index contributed by atoms with van der Waals surface area (Å²) in [7, 11) is 1.29. The normalized spacial score (nSPS) is 17.8. The van der Waals surface area contributed by atoms with Crippen LogP contribution in [-0.2, 0) is 24.0 Å². The average molecular weight is 428 g/mol. The molecule has 1 amide bonds. The maximum absolute atomic E-state index is 12.8. The second-order valence-electron chi connectivity index (χ2n) is 5.40. The van der Waals surface area contributed by atoms with Gasteiger partial charge in [0.1, 0.15) is 23.9 Å². The van der Waals surface area contributed by atoms with E-state index in [0.717, 1.165) is 5.01 Å². The molecule has 0 fully saturated rings. The number of hydrogen-bond acceptors (Lipinski definition) is 10. The molecule has 0 aliphatic carbocycles. The molecule has 10 nitrogen and oxygen atoms in total. The highest BCUT2D eigenvalue weighted by Gasteiger charge is 2.36. The minimum atomic E-state index is -1.15. The van der Waals surface area contributed by atoms with Crippen molar-refractivity contribution >= 4 is 46.7 Å². The second kappa shape index (κ2) is 10.1. The number of nitrogens with zero attached hydrogens (tertiary/aromatic N) is 2. The highest BCUT2D eigenvalue weighted by Crippen LogP contribution is 2.21. The molecule has 12 heteroatoms. The van der Waals surface area contributed by atoms with Crippen molar-refractivity contribution < 1.29 is 29.1 Å². The first kappa shape index (κ1) is 21.7. The van der Waals surface area contributed by atoms with Crippen LogP contribution in [0.2, 0.25) is 0 Å². The van der Waals surface area contributed by atoms with Crippen molar-refractivity contribution in [1.29, 1.82) is 0 Å². The molecule has 0 aromatic carbocycles. The van der Waals surface area contributed by atoms with Crippen LogP contribution in [0.25, 0.3) is 0 Å². The molecule has 3 N–H and O–H groups in total. The Morgan fingerprint density at radius 3 is 2.82 bits per heavy atom. The van der Waals surface area contributed by atoms with Crippen molar-refractivity contribution in [3.05, 3.63) is 27.9 Å². The van der Waals surface area contributed by atoms with Crippen LogP contribution in [0.15, 0.2) is 22.3 Å². The number of amides is 1. The summed E-state index contributed by atoms with van der Waals surface area (Å²) in [6.45, 7) is 3.52. The summed E-state index contributed by atoms with van der Waals surface area (Å²) in [4.78, 5) is 45.4. The quantitative estimate of drug-likeness (QED) is 0.306. The van der Waals surface area contributed by atoms with Crippen LogP contribution in [0.1, 0.15) is 17.6 Å². The zero-order chi connectivity index (χ0) is 20.7. The van der Waals surface area contributed by atoms with Gasteiger partial charge in [0.15, 0.2) is 11.8 Å². The molecule has 2 atom stereocenters. The van der Waals surface area contributed by atoms with Crippen molar-refractivity contribution in [2.75, 3.05) is 19.5 Å². The number of aryl methyl sites for hydroxylation is 1. The highest BCUT2D eigenvalue weighted by atomic mass is 32.2. The summed E-state index contributed by atoms with van der Waals surface area (Å²) >= 11 is 2.60. The van der Waals surface area contributed by atoms with Crippen LogP contribution in [0.3, 0.4) is 0 Å². The predicted molar refractivity (Wildman–Crippen MR) is 104 cm³/mol. The van der Waals surface area contributed by atoms with Gasteiger partial charge in [0.05, 0.1) is 11.6 Å². The number of carboxylic acids is 1. The van der Waals surface area contributed by atoms with E-state index in [0.29, 0.717) is 11.4 Å². The molecule has 1 aliphatic heterocycles. The van der Waals surface area contributed by atoms with Gasteiger partial charge in [0, 0.05) is 11.1 Å². The van der Waals surface area contributed by atoms with E-state index in [1.807, 2.05) is 0 Å². The Hall–Kier alpha value is -2.60. The largest absolute Gasteiger partial charge is 0.477 e. The van der Waals surface area contributed by atoms with Gasteiger partial charge in [0.2, 0.25) is 0 Å². The Morgan fingerprint density at radius 2 is 2.25 bits per heavy atom. The number of oxime groups is 1. The number of carbonyl (C=O) groups is 3. The number of thiazole rings is 1. The number of ether oxygens (including phenoxy) is 1. The van der Waals surface area contributed by atoms with E-state index in [1.54, 1.807) is 19.2 Å². The molecular weight excluding hydrogens is 408 g/mol. The third-order valence-electron chi connectivity index (χ3n) is 3.48. The molecule has 2 heterocycles. The van der Waals surface area contributed by atoms with Gasteiger partial charge in [-0.2, -0.15) is 0 Å². The van der Waals surface area contributed by atoms with Crippen molar-refractivity contribution in [3.8, 4) is 0 Å². The first-order chi connectivity index (χ1) is 13.4. The number of nitrogens with one attached hydrogen (secondary N) is 2. The average Bonchev–Trinajstić information content (AvgIpc) is 3.10. The summed E-state index contributed by atoms with van der Waals surface area (Å²) < 4.78 is 5.04. The van der Waals surface area contributed by atoms with Gasteiger partial charge in [-0.15, -0.1) is 23.1 Å². The molecule has 0 spiro atoms. The molecule has 1 aromatic heterocycles. The van der Waals surface area contributed by atoms with Crippen LogP contribution >= 0.6 is 23.1 Å². The summed E-state index contributed by atoms with van der Waals surface area (Å²) in [6, 6.07) is -1.15. The third-order valence-corrected chi connectivity index (χ3v) is 5.36. The van der Waals surface area contributed by atoms with Crippen molar-refractivity contribution in [1.82, 2.24) is 15.6 Å². The number of aliphatic carboxylic acids is 1. The van der Waals surface area contributed by atoms with Crippen LogP contribution in [0, 0.1) is 6.92 Å². The monoisotopic (exact) mass is 428 g/mol. The van der Waals surface area contributed by atoms with E-state index in [9.17, 15) is 19.5 Å². The molecule has 28 heavy (non-hydrogen) atoms. The lowest BCUT2D eigenvalue weighted by Gasteiger charge is -2.29. The van der Waals surface area contributed by atoms with Crippen LogP contribution in [0.4, 0.5) is 0 Å². The van der Waals surface area contributed by atoms with E-state index < -0.39 is 29.3 Å². The lowest BCUT2D eigenvalue weighted by Crippen LogP contribution is -2.56. The molecule has 0 bridgehead atoms. The Morgan fingerprint density at radius 1 is 1.50 bits per heavy atom. The fourth-order valence-electron chi connectivity index (χ4n) is 2.29. The van der Waals surface area contributed by atoms with Gasteiger partial charge >= 0.3 is 11.9 Å². The Kier molecular flexibility index (Phi) is 7.81. The van der Waals surface area contributed by atoms with Gasteiger partial charge in [-0.1, -0.05) is 5.16 Å². The topological polar surface area (TPSA) is 139 Å². The fourth-order valence-corrected chi connectivity index (χ4v) is 3.94. The number of carbonyl (C=O) groups excluding carboxylic acids is 2. The zero-order valence-electron chi connectivity index (χ0n) is 15.4. The summed E-state index contributed by atoms with van der Waals surface area (Å²) in [6.07, 6.45) is 1.49. The number of hydrogen-bond donors (Lipinski definition) is 3. The Bertz CT molecular complexity index is 807. The van der Waals surface area contributed by atoms with E-state index in [2.05, 4.69) is 20.8 Å². The summed E-state index contributed by atoms with van der Waals surface area (Å²) in [5.41, 5.74) is 0.156. The van der Waals surface area contributed by atoms with E-state index >= 15 is 0 Å². The maximum Gasteiger partial charge on any atom is 0.351 e. The first-order valence-electron chi connectivity index (χ1n) is 8.20. The molecule has 0 radical (unpaired) electrons. The molecule has 152 valence electrons. The molecule has 2 rings (SSSR count). The molecule has 0 saturated heterocycles. The van der Waals surface area contributed by atoms with Gasteiger partial charge in [-0.3, -0.25) is 4.79 Å². The maximum atomic E-state index is 12.8. The van der Waals surface area contributed by atoms with Crippen LogP contribution in [0.5, 0.6) is 0 Å².